The number of hydrogen-bond donors (Lipinski definition) is 7. The van der Waals surface area contributed by atoms with Crippen molar-refractivity contribution in [2.24, 2.45) is 40.4 Å². The number of likely N-dealkylation sites (N-methyl/N-ethyl adjacent to an activating group) is 2. The second kappa shape index (κ2) is 38.4. The van der Waals surface area contributed by atoms with Crippen LogP contribution in [0.15, 0.2) is 35.4 Å². The van der Waals surface area contributed by atoms with Crippen molar-refractivity contribution in [2.45, 2.75) is 187 Å². The fraction of sp³-hybridized carbons (Fsp3) is 0.746. The lowest BCUT2D eigenvalue weighted by molar-refractivity contribution is -0.148. The minimum Gasteiger partial charge on any atom is -0.468 e. The van der Waals surface area contributed by atoms with E-state index in [1.165, 1.54) is 26.2 Å². The van der Waals surface area contributed by atoms with Gasteiger partial charge in [-0.3, -0.25) is 38.4 Å². The van der Waals surface area contributed by atoms with Gasteiger partial charge < -0.3 is 66.5 Å². The van der Waals surface area contributed by atoms with Crippen LogP contribution in [0.1, 0.15) is 132 Å². The third kappa shape index (κ3) is 23.8. The molecule has 1 aromatic rings. The summed E-state index contributed by atoms with van der Waals surface area (Å²) in [6.45, 7) is 17.9. The van der Waals surface area contributed by atoms with Crippen LogP contribution in [0.2, 0.25) is 0 Å². The van der Waals surface area contributed by atoms with E-state index in [0.717, 1.165) is 18.4 Å². The Morgan fingerprint density at radius 2 is 1.42 bits per heavy atom. The van der Waals surface area contributed by atoms with Gasteiger partial charge in [0.15, 0.2) is 0 Å². The van der Waals surface area contributed by atoms with Gasteiger partial charge in [0.2, 0.25) is 41.4 Å². The van der Waals surface area contributed by atoms with Crippen LogP contribution in [0, 0.1) is 29.6 Å². The number of carbonyl (C=O) groups excluding carboxylic acids is 9. The quantitative estimate of drug-likeness (QED) is 0.0162. The summed E-state index contributed by atoms with van der Waals surface area (Å²) in [5, 5.41) is 20.4. The number of primary amides is 1. The highest BCUT2D eigenvalue weighted by molar-refractivity contribution is 5.93. The number of carbonyl (C=O) groups is 9. The largest absolute Gasteiger partial charge is 0.468 e. The molecule has 0 bridgehead atoms. The Labute approximate surface area is 498 Å². The van der Waals surface area contributed by atoms with Crippen molar-refractivity contribution in [1.82, 2.24) is 46.6 Å². The zero-order chi connectivity index (χ0) is 63.2. The highest BCUT2D eigenvalue weighted by atomic mass is 16.5. The first-order valence-corrected chi connectivity index (χ1v) is 29.7. The number of urea groups is 1. The number of amides is 9. The minimum atomic E-state index is -1.08. The molecule has 9 amide bonds. The molecule has 84 heavy (non-hydrogen) atoms. The van der Waals surface area contributed by atoms with Crippen LogP contribution in [0.25, 0.3) is 10.4 Å². The van der Waals surface area contributed by atoms with Crippen LogP contribution in [0.3, 0.4) is 0 Å². The Morgan fingerprint density at radius 3 is 1.99 bits per heavy atom. The Kier molecular flexibility index (Phi) is 33.6. The number of methoxy groups -OCH3 is 3. The van der Waals surface area contributed by atoms with Crippen molar-refractivity contribution >= 4 is 53.4 Å². The average Bonchev–Trinajstić information content (AvgIpc) is 3.81. The molecule has 1 aromatic carbocycles. The maximum atomic E-state index is 14.8. The molecule has 0 aromatic heterocycles. The van der Waals surface area contributed by atoms with E-state index in [2.05, 4.69) is 41.9 Å². The lowest BCUT2D eigenvalue weighted by Gasteiger charge is -2.41. The number of rotatable bonds is 39. The molecule has 2 rings (SSSR count). The van der Waals surface area contributed by atoms with Crippen LogP contribution in [-0.4, -0.2) is 191 Å². The molecule has 0 aliphatic carbocycles. The molecule has 1 aliphatic heterocycles. The SMILES string of the molecule is CCC(C)[C@@H]([C@@H](CC(=O)N1CCC[C@H]1[C@H](OC)[C@@H](C)CNC(Cc1ccccc1)C(=O)OC)OC)N(C)C(=O)[C@@H](NC(=O)[C@H](C(C)C)N(C)C(=O)CCCNC(=O)[C@@H](CCCNC(N)=O)NC(=O)[C@H](NC(=O)CCCN=[N+]=[N-])C(C)C)C(C)C. The third-order valence-corrected chi connectivity index (χ3v) is 15.8. The van der Waals surface area contributed by atoms with Gasteiger partial charge in [-0.1, -0.05) is 104 Å². The predicted octanol–water partition coefficient (Wildman–Crippen LogP) is 3.97. The maximum absolute atomic E-state index is 14.8. The van der Waals surface area contributed by atoms with Crippen LogP contribution in [-0.2, 0) is 59.0 Å². The van der Waals surface area contributed by atoms with E-state index in [1.807, 2.05) is 69.9 Å². The van der Waals surface area contributed by atoms with E-state index in [0.29, 0.717) is 25.9 Å². The average molecular weight is 1180 g/mol. The second-order valence-electron chi connectivity index (χ2n) is 23.1. The Balaban J connectivity index is 2.19. The van der Waals surface area contributed by atoms with Crippen molar-refractivity contribution in [3.05, 3.63) is 46.3 Å². The molecule has 1 aliphatic rings. The smallest absolute Gasteiger partial charge is 0.323 e. The number of benzene rings is 1. The molecule has 1 saturated heterocycles. The summed E-state index contributed by atoms with van der Waals surface area (Å²) in [6.07, 6.45) is 2.25. The van der Waals surface area contributed by atoms with Crippen molar-refractivity contribution in [3.63, 3.8) is 0 Å². The number of nitrogens with one attached hydrogen (secondary N) is 6. The predicted molar refractivity (Wildman–Crippen MR) is 319 cm³/mol. The van der Waals surface area contributed by atoms with Crippen LogP contribution in [0.4, 0.5) is 4.79 Å². The lowest BCUT2D eigenvalue weighted by Crippen LogP contribution is -2.60. The Hall–Kier alpha value is -6.56. The zero-order valence-electron chi connectivity index (χ0n) is 52.4. The minimum absolute atomic E-state index is 0.0171. The van der Waals surface area contributed by atoms with Gasteiger partial charge in [-0.25, -0.2) is 4.79 Å². The second-order valence-corrected chi connectivity index (χ2v) is 23.1. The monoisotopic (exact) mass is 1180 g/mol. The van der Waals surface area contributed by atoms with E-state index >= 15 is 0 Å². The molecular formula is C59H101N13O12. The van der Waals surface area contributed by atoms with Gasteiger partial charge in [-0.2, -0.15) is 0 Å². The van der Waals surface area contributed by atoms with E-state index in [1.54, 1.807) is 46.8 Å². The Bertz CT molecular complexity index is 2300. The molecular weight excluding hydrogens is 1080 g/mol. The fourth-order valence-corrected chi connectivity index (χ4v) is 10.9. The number of esters is 1. The molecule has 1 fully saturated rings. The molecule has 0 radical (unpaired) electrons. The number of nitrogens with two attached hydrogens (primary N) is 1. The van der Waals surface area contributed by atoms with E-state index in [4.69, 9.17) is 25.5 Å². The first-order valence-electron chi connectivity index (χ1n) is 29.7. The van der Waals surface area contributed by atoms with Gasteiger partial charge in [-0.05, 0) is 85.6 Å². The normalized spacial score (nSPS) is 16.8. The van der Waals surface area contributed by atoms with E-state index < -0.39 is 77.9 Å². The molecule has 474 valence electrons. The maximum Gasteiger partial charge on any atom is 0.323 e. The summed E-state index contributed by atoms with van der Waals surface area (Å²) in [7, 11) is 7.71. The highest BCUT2D eigenvalue weighted by Gasteiger charge is 2.43. The molecule has 2 unspecified atom stereocenters. The van der Waals surface area contributed by atoms with Gasteiger partial charge in [0, 0.05) is 78.8 Å². The van der Waals surface area contributed by atoms with Crippen molar-refractivity contribution in [1.29, 1.82) is 0 Å². The number of nitrogens with zero attached hydrogens (tertiary/aromatic N) is 6. The topological polar surface area (TPSA) is 338 Å². The number of likely N-dealkylation sites (tertiary alicyclic amines) is 1. The fourth-order valence-electron chi connectivity index (χ4n) is 10.9. The van der Waals surface area contributed by atoms with E-state index in [-0.39, 0.29) is 124 Å². The van der Waals surface area contributed by atoms with Crippen molar-refractivity contribution in [2.75, 3.05) is 68.1 Å². The number of ether oxygens (including phenoxy) is 3. The molecule has 25 heteroatoms. The molecule has 8 N–H and O–H groups in total. The first kappa shape index (κ1) is 73.5. The van der Waals surface area contributed by atoms with Crippen LogP contribution in [0.5, 0.6) is 0 Å². The van der Waals surface area contributed by atoms with Crippen molar-refractivity contribution < 1.29 is 57.4 Å². The van der Waals surface area contributed by atoms with Gasteiger partial charge in [0.1, 0.15) is 30.2 Å². The third-order valence-electron chi connectivity index (χ3n) is 15.8. The van der Waals surface area contributed by atoms with E-state index in [9.17, 15) is 43.2 Å². The summed E-state index contributed by atoms with van der Waals surface area (Å²) < 4.78 is 17.4. The molecule has 1 heterocycles. The lowest BCUT2D eigenvalue weighted by atomic mass is 9.89. The first-order chi connectivity index (χ1) is 39.8. The van der Waals surface area contributed by atoms with Crippen LogP contribution < -0.4 is 37.6 Å². The van der Waals surface area contributed by atoms with Crippen molar-refractivity contribution in [3.8, 4) is 0 Å². The number of hydrogen-bond acceptors (Lipinski definition) is 14. The summed E-state index contributed by atoms with van der Waals surface area (Å²) in [5.74, 6) is -4.79. The Morgan fingerprint density at radius 1 is 0.762 bits per heavy atom. The summed E-state index contributed by atoms with van der Waals surface area (Å²) in [4.78, 5) is 129. The van der Waals surface area contributed by atoms with Gasteiger partial charge in [0.05, 0.1) is 37.8 Å². The van der Waals surface area contributed by atoms with Crippen LogP contribution >= 0.6 is 0 Å². The molecule has 25 nitrogen and oxygen atoms in total. The standard InChI is InChI=1S/C59H101N13O12/c1-15-39(8)52(45(82-12)34-48(75)72-32-22-26-44(72)53(83-13)40(9)35-64-43(58(80)84-14)33-41-23-17-16-18-24-41)71(11)57(79)50(37(4)5)68-56(78)51(38(6)7)70(10)47(74)28-21-29-62-54(76)42(25-19-30-63-59(60)81)66-55(77)49(36(2)3)67-46(73)27-20-31-65-69-61/h16-18,23-24,36-40,42-45,49-53,64H,15,19-22,25-35H2,1-14H3,(H,62,76)(H,66,77)(H,67,73)(H,68,78)(H3,60,63,81)/t39?,40-,42+,43?,44-,45+,49+,50-,51-,52-,53+/m0/s1. The van der Waals surface area contributed by atoms with Gasteiger partial charge in [0.25, 0.3) is 0 Å². The molecule has 0 spiro atoms. The molecule has 11 atom stereocenters. The van der Waals surface area contributed by atoms with Gasteiger partial charge in [-0.15, -0.1) is 0 Å². The molecule has 0 saturated carbocycles. The number of azide groups is 1. The van der Waals surface area contributed by atoms with Gasteiger partial charge >= 0.3 is 12.0 Å². The summed E-state index contributed by atoms with van der Waals surface area (Å²) in [6, 6.07) is 3.46. The summed E-state index contributed by atoms with van der Waals surface area (Å²) >= 11 is 0. The summed E-state index contributed by atoms with van der Waals surface area (Å²) in [5.41, 5.74) is 14.7. The zero-order valence-corrected chi connectivity index (χ0v) is 52.4. The highest BCUT2D eigenvalue weighted by Crippen LogP contribution is 2.30.